The Hall–Kier alpha value is -5.98. The summed E-state index contributed by atoms with van der Waals surface area (Å²) >= 11 is 0. The van der Waals surface area contributed by atoms with E-state index in [4.69, 9.17) is 9.97 Å². The van der Waals surface area contributed by atoms with Gasteiger partial charge in [-0.05, 0) is 40.2 Å². The topological polar surface area (TPSA) is 38.9 Å². The van der Waals surface area contributed by atoms with Gasteiger partial charge in [0.2, 0.25) is 11.9 Å². The van der Waals surface area contributed by atoms with Crippen molar-refractivity contribution in [3.8, 4) is 22.5 Å². The molecule has 0 fully saturated rings. The Labute approximate surface area is 268 Å². The highest BCUT2D eigenvalue weighted by atomic mass is 28.3. The standard InChI is InChI=1S/C40H29N5Si/c1-6-18-30(19-7-1)37-38(31-20-8-2-9-21-31)45-40(42-37)43(32-22-10-3-11-23-32)39-41-35-28-16-17-29-36(35)44(39)46(45,33-24-12-4-13-25-33)34-26-14-5-15-27-34/h1-29H. The molecule has 6 heteroatoms. The van der Waals surface area contributed by atoms with Crippen LogP contribution in [0.3, 0.4) is 0 Å². The normalized spacial score (nSPS) is 13.3. The second-order valence-corrected chi connectivity index (χ2v) is 14.9. The molecule has 1 aliphatic rings. The van der Waals surface area contributed by atoms with Crippen molar-refractivity contribution in [2.75, 3.05) is 4.90 Å². The van der Waals surface area contributed by atoms with E-state index in [-0.39, 0.29) is 0 Å². The highest BCUT2D eigenvalue weighted by Gasteiger charge is 2.54. The smallest absolute Gasteiger partial charge is 0.310 e. The lowest BCUT2D eigenvalue weighted by Gasteiger charge is -2.44. The molecule has 6 aromatic carbocycles. The highest BCUT2D eigenvalue weighted by molar-refractivity contribution is 7.01. The summed E-state index contributed by atoms with van der Waals surface area (Å²) in [4.78, 5) is 13.3. The number of rotatable bonds is 5. The van der Waals surface area contributed by atoms with Gasteiger partial charge in [0.05, 0.1) is 28.1 Å². The van der Waals surface area contributed by atoms with Gasteiger partial charge in [-0.1, -0.05) is 152 Å². The summed E-state index contributed by atoms with van der Waals surface area (Å²) in [5.74, 6) is 1.72. The second kappa shape index (κ2) is 10.6. The third kappa shape index (κ3) is 3.80. The second-order valence-electron chi connectivity index (χ2n) is 11.5. The minimum absolute atomic E-state index is 0.853. The molecule has 0 N–H and O–H groups in total. The molecule has 0 bridgehead atoms. The summed E-state index contributed by atoms with van der Waals surface area (Å²) in [6, 6.07) is 62.3. The fourth-order valence-electron chi connectivity index (χ4n) is 7.03. The average Bonchev–Trinajstić information content (AvgIpc) is 3.73. The monoisotopic (exact) mass is 607 g/mol. The summed E-state index contributed by atoms with van der Waals surface area (Å²) in [5.41, 5.74) is 7.28. The molecule has 3 heterocycles. The van der Waals surface area contributed by atoms with Gasteiger partial charge in [0.15, 0.2) is 0 Å². The molecule has 0 aliphatic carbocycles. The predicted molar refractivity (Wildman–Crippen MR) is 190 cm³/mol. The maximum atomic E-state index is 5.64. The lowest BCUT2D eigenvalue weighted by atomic mass is 10.1. The van der Waals surface area contributed by atoms with Crippen molar-refractivity contribution in [3.63, 3.8) is 0 Å². The van der Waals surface area contributed by atoms with E-state index >= 15 is 0 Å². The molecule has 5 nitrogen and oxygen atoms in total. The van der Waals surface area contributed by atoms with Crippen LogP contribution in [0, 0.1) is 0 Å². The Morgan fingerprint density at radius 2 is 0.891 bits per heavy atom. The Bertz CT molecular complexity index is 2260. The van der Waals surface area contributed by atoms with E-state index < -0.39 is 8.40 Å². The number of benzene rings is 6. The minimum Gasteiger partial charge on any atom is -0.310 e. The molecule has 0 radical (unpaired) electrons. The lowest BCUT2D eigenvalue weighted by molar-refractivity contribution is 0.933. The predicted octanol–water partition coefficient (Wildman–Crippen LogP) is 8.00. The molecular weight excluding hydrogens is 579 g/mol. The molecule has 0 amide bonds. The number of hydrogen-bond donors (Lipinski definition) is 0. The quantitative estimate of drug-likeness (QED) is 0.186. The SMILES string of the molecule is c1ccc(-c2nc3n(c2-c2ccccc2)[Si](c2ccccc2)(c2ccccc2)n2c(nc4ccccc42)N3c2ccccc2)cc1. The van der Waals surface area contributed by atoms with Crippen molar-refractivity contribution < 1.29 is 0 Å². The van der Waals surface area contributed by atoms with Crippen LogP contribution in [0.2, 0.25) is 0 Å². The number of hydrogen-bond acceptors (Lipinski definition) is 3. The Morgan fingerprint density at radius 1 is 0.413 bits per heavy atom. The van der Waals surface area contributed by atoms with Gasteiger partial charge >= 0.3 is 8.40 Å². The maximum Gasteiger partial charge on any atom is 0.345 e. The molecule has 9 rings (SSSR count). The number of aromatic nitrogens is 4. The van der Waals surface area contributed by atoms with Crippen molar-refractivity contribution >= 4 is 47.4 Å². The van der Waals surface area contributed by atoms with E-state index in [0.717, 1.165) is 51.1 Å². The Kier molecular flexibility index (Phi) is 6.08. The van der Waals surface area contributed by atoms with Gasteiger partial charge < -0.3 is 8.47 Å². The van der Waals surface area contributed by atoms with Crippen LogP contribution in [0.25, 0.3) is 33.5 Å². The van der Waals surface area contributed by atoms with E-state index in [1.807, 2.05) is 0 Å². The largest absolute Gasteiger partial charge is 0.345 e. The van der Waals surface area contributed by atoms with Gasteiger partial charge in [0.1, 0.15) is 0 Å². The molecule has 46 heavy (non-hydrogen) atoms. The molecule has 1 aliphatic heterocycles. The van der Waals surface area contributed by atoms with E-state index in [9.17, 15) is 0 Å². The maximum absolute atomic E-state index is 5.64. The molecule has 218 valence electrons. The summed E-state index contributed by atoms with van der Waals surface area (Å²) in [5, 5.41) is 2.49. The van der Waals surface area contributed by atoms with Crippen molar-refractivity contribution in [1.82, 2.24) is 18.4 Å². The van der Waals surface area contributed by atoms with Crippen molar-refractivity contribution in [2.24, 2.45) is 0 Å². The zero-order valence-corrected chi connectivity index (χ0v) is 26.0. The molecule has 8 aromatic rings. The van der Waals surface area contributed by atoms with Crippen molar-refractivity contribution in [2.45, 2.75) is 0 Å². The third-order valence-corrected chi connectivity index (χ3v) is 13.3. The fourth-order valence-corrected chi connectivity index (χ4v) is 11.9. The van der Waals surface area contributed by atoms with Gasteiger partial charge in [-0.2, -0.15) is 0 Å². The van der Waals surface area contributed by atoms with E-state index in [0.29, 0.717) is 0 Å². The number of fused-ring (bicyclic) bond motifs is 4. The van der Waals surface area contributed by atoms with E-state index in [2.05, 4.69) is 189 Å². The van der Waals surface area contributed by atoms with Crippen LogP contribution in [0.1, 0.15) is 0 Å². The first-order chi connectivity index (χ1) is 22.9. The van der Waals surface area contributed by atoms with Crippen LogP contribution >= 0.6 is 0 Å². The zero-order chi connectivity index (χ0) is 30.5. The minimum atomic E-state index is -3.24. The molecule has 2 aromatic heterocycles. The van der Waals surface area contributed by atoms with E-state index in [1.165, 1.54) is 10.4 Å². The zero-order valence-electron chi connectivity index (χ0n) is 25.0. The van der Waals surface area contributed by atoms with Crippen LogP contribution in [0.15, 0.2) is 176 Å². The highest BCUT2D eigenvalue weighted by Crippen LogP contribution is 2.47. The summed E-state index contributed by atoms with van der Waals surface area (Å²) in [7, 11) is -3.24. The van der Waals surface area contributed by atoms with Gasteiger partial charge in [-0.3, -0.25) is 4.90 Å². The van der Waals surface area contributed by atoms with Gasteiger partial charge in [0, 0.05) is 5.56 Å². The van der Waals surface area contributed by atoms with Crippen LogP contribution in [0.4, 0.5) is 17.6 Å². The first-order valence-corrected chi connectivity index (χ1v) is 17.4. The van der Waals surface area contributed by atoms with Crippen LogP contribution in [-0.2, 0) is 0 Å². The Balaban J connectivity index is 1.56. The number of imidazole rings is 2. The van der Waals surface area contributed by atoms with Gasteiger partial charge in [-0.25, -0.2) is 9.97 Å². The first-order valence-electron chi connectivity index (χ1n) is 15.5. The summed E-state index contributed by atoms with van der Waals surface area (Å²) in [6.07, 6.45) is 0. The van der Waals surface area contributed by atoms with Crippen molar-refractivity contribution in [1.29, 1.82) is 0 Å². The summed E-state index contributed by atoms with van der Waals surface area (Å²) < 4.78 is 5.14. The van der Waals surface area contributed by atoms with Gasteiger partial charge in [-0.15, -0.1) is 0 Å². The third-order valence-electron chi connectivity index (χ3n) is 8.91. The number of nitrogens with zero attached hydrogens (tertiary/aromatic N) is 5. The Morgan fingerprint density at radius 3 is 1.50 bits per heavy atom. The number of para-hydroxylation sites is 3. The molecule has 0 spiro atoms. The molecule has 0 saturated carbocycles. The summed E-state index contributed by atoms with van der Waals surface area (Å²) in [6.45, 7) is 0. The van der Waals surface area contributed by atoms with Crippen molar-refractivity contribution in [3.05, 3.63) is 176 Å². The van der Waals surface area contributed by atoms with E-state index in [1.54, 1.807) is 0 Å². The fraction of sp³-hybridized carbons (Fsp3) is 0. The van der Waals surface area contributed by atoms with Gasteiger partial charge in [0.25, 0.3) is 0 Å². The first kappa shape index (κ1) is 26.4. The number of anilines is 3. The van der Waals surface area contributed by atoms with Crippen LogP contribution in [-0.4, -0.2) is 26.8 Å². The lowest BCUT2D eigenvalue weighted by Crippen LogP contribution is -2.71. The average molecular weight is 608 g/mol. The molecule has 0 unspecified atom stereocenters. The molecular formula is C40H29N5Si. The van der Waals surface area contributed by atoms with Crippen LogP contribution in [0.5, 0.6) is 0 Å². The molecule has 0 saturated heterocycles. The van der Waals surface area contributed by atoms with Crippen LogP contribution < -0.4 is 15.3 Å². The molecule has 0 atom stereocenters.